The van der Waals surface area contributed by atoms with Crippen molar-refractivity contribution in [3.8, 4) is 17.2 Å². The van der Waals surface area contributed by atoms with Gasteiger partial charge < -0.3 is 14.2 Å². The van der Waals surface area contributed by atoms with Gasteiger partial charge >= 0.3 is 17.8 Å². The molecule has 1 fully saturated rings. The molecular weight excluding hydrogens is 545 g/mol. The highest BCUT2D eigenvalue weighted by Crippen LogP contribution is 2.41. The molecule has 0 aliphatic carbocycles. The molecule has 1 heterocycles. The zero-order valence-electron chi connectivity index (χ0n) is 20.9. The Labute approximate surface area is 224 Å². The largest absolute Gasteiger partial charge is 0.490 e. The van der Waals surface area contributed by atoms with Gasteiger partial charge in [0.05, 0.1) is 28.1 Å². The second-order valence-corrected chi connectivity index (χ2v) is 9.15. The van der Waals surface area contributed by atoms with Crippen LogP contribution >= 0.6 is 11.8 Å². The lowest BCUT2D eigenvalue weighted by atomic mass is 10.1. The van der Waals surface area contributed by atoms with Crippen LogP contribution in [0, 0.1) is 10.1 Å². The number of thioether (sulfide) groups is 1. The number of carbonyl (C=O) groups is 3. The summed E-state index contributed by atoms with van der Waals surface area (Å²) < 4.78 is 55.2. The van der Waals surface area contributed by atoms with Crippen molar-refractivity contribution < 1.29 is 46.7 Å². The van der Waals surface area contributed by atoms with Gasteiger partial charge in [0.1, 0.15) is 6.54 Å². The number of imide groups is 1. The van der Waals surface area contributed by atoms with Crippen LogP contribution in [-0.4, -0.2) is 46.2 Å². The van der Waals surface area contributed by atoms with E-state index >= 15 is 0 Å². The molecule has 2 amide bonds. The molecule has 10 nitrogen and oxygen atoms in total. The predicted molar refractivity (Wildman–Crippen MR) is 134 cm³/mol. The van der Waals surface area contributed by atoms with E-state index in [0.29, 0.717) is 35.9 Å². The van der Waals surface area contributed by atoms with Gasteiger partial charge in [-0.2, -0.15) is 13.2 Å². The van der Waals surface area contributed by atoms with Crippen molar-refractivity contribution in [2.45, 2.75) is 39.5 Å². The van der Waals surface area contributed by atoms with Gasteiger partial charge in [-0.05, 0) is 67.9 Å². The van der Waals surface area contributed by atoms with Crippen LogP contribution in [0.4, 0.5) is 23.7 Å². The van der Waals surface area contributed by atoms with Crippen LogP contribution < -0.4 is 9.47 Å². The minimum absolute atomic E-state index is 0.0299. The first-order chi connectivity index (χ1) is 18.3. The van der Waals surface area contributed by atoms with Crippen LogP contribution in [0.2, 0.25) is 0 Å². The average molecular weight is 569 g/mol. The first kappa shape index (κ1) is 29.5. The first-order valence-electron chi connectivity index (χ1n) is 11.6. The Balaban J connectivity index is 1.86. The number of hydrogen-bond acceptors (Lipinski definition) is 9. The monoisotopic (exact) mass is 568 g/mol. The summed E-state index contributed by atoms with van der Waals surface area (Å²) >= 11 is 0.630. The maximum absolute atomic E-state index is 13.0. The standard InChI is InChI=1S/C25H23F3N2O8S/c1-4-14(3)37-22(31)13-29-23(32)21(39-24(29)33)11-15-6-8-19(20(10-15)36-5-2)38-18-9-7-16(25(26,27)28)12-17(18)30(34)35/h6-12,14H,4-5,13H2,1-3H3/b21-11+/t14-/m0/s1. The van der Waals surface area contributed by atoms with E-state index in [4.69, 9.17) is 14.2 Å². The van der Waals surface area contributed by atoms with Crippen LogP contribution in [0.1, 0.15) is 38.3 Å². The molecule has 1 atom stereocenters. The lowest BCUT2D eigenvalue weighted by molar-refractivity contribution is -0.385. The maximum atomic E-state index is 13.0. The molecule has 1 saturated heterocycles. The number of ether oxygens (including phenoxy) is 3. The molecule has 1 aliphatic rings. The second kappa shape index (κ2) is 12.2. The molecule has 0 spiro atoms. The van der Waals surface area contributed by atoms with Crippen molar-refractivity contribution in [2.24, 2.45) is 0 Å². The van der Waals surface area contributed by atoms with Crippen molar-refractivity contribution in [3.63, 3.8) is 0 Å². The third kappa shape index (κ3) is 7.28. The number of nitro groups is 1. The number of amides is 2. The zero-order valence-corrected chi connectivity index (χ0v) is 21.8. The van der Waals surface area contributed by atoms with E-state index in [-0.39, 0.29) is 29.1 Å². The lowest BCUT2D eigenvalue weighted by Crippen LogP contribution is -2.35. The second-order valence-electron chi connectivity index (χ2n) is 8.16. The number of nitro benzene ring substituents is 1. The summed E-state index contributed by atoms with van der Waals surface area (Å²) in [7, 11) is 0. The Morgan fingerprint density at radius 2 is 1.82 bits per heavy atom. The molecular formula is C25H23F3N2O8S. The van der Waals surface area contributed by atoms with Gasteiger partial charge in [-0.15, -0.1) is 0 Å². The molecule has 14 heteroatoms. The summed E-state index contributed by atoms with van der Waals surface area (Å²) in [6.07, 6.45) is -3.19. The number of esters is 1. The van der Waals surface area contributed by atoms with Crippen molar-refractivity contribution >= 4 is 40.6 Å². The first-order valence-corrected chi connectivity index (χ1v) is 12.4. The van der Waals surface area contributed by atoms with Gasteiger partial charge in [0.15, 0.2) is 11.5 Å². The summed E-state index contributed by atoms with van der Waals surface area (Å²) in [6, 6.07) is 6.11. The highest BCUT2D eigenvalue weighted by atomic mass is 32.2. The topological polar surface area (TPSA) is 125 Å². The summed E-state index contributed by atoms with van der Waals surface area (Å²) in [5.74, 6) is -1.79. The highest BCUT2D eigenvalue weighted by Gasteiger charge is 2.37. The van der Waals surface area contributed by atoms with Gasteiger partial charge in [0, 0.05) is 6.07 Å². The normalized spacial score (nSPS) is 15.4. The average Bonchev–Trinajstić information content (AvgIpc) is 3.12. The summed E-state index contributed by atoms with van der Waals surface area (Å²) in [5.41, 5.74) is -1.71. The van der Waals surface area contributed by atoms with E-state index in [2.05, 4.69) is 0 Å². The quantitative estimate of drug-likeness (QED) is 0.143. The van der Waals surface area contributed by atoms with E-state index in [1.54, 1.807) is 13.8 Å². The Morgan fingerprint density at radius 3 is 2.44 bits per heavy atom. The Kier molecular flexibility index (Phi) is 9.22. The fraction of sp³-hybridized carbons (Fsp3) is 0.320. The molecule has 2 aromatic rings. The van der Waals surface area contributed by atoms with Gasteiger partial charge in [0.2, 0.25) is 5.75 Å². The molecule has 2 aromatic carbocycles. The number of hydrogen-bond donors (Lipinski definition) is 0. The number of halogens is 3. The van der Waals surface area contributed by atoms with Crippen molar-refractivity contribution in [1.82, 2.24) is 4.90 Å². The number of rotatable bonds is 10. The van der Waals surface area contributed by atoms with Gasteiger partial charge in [-0.25, -0.2) is 0 Å². The third-order valence-electron chi connectivity index (χ3n) is 5.34. The van der Waals surface area contributed by atoms with Crippen molar-refractivity contribution in [1.29, 1.82) is 0 Å². The van der Waals surface area contributed by atoms with E-state index in [1.165, 1.54) is 24.3 Å². The van der Waals surface area contributed by atoms with Crippen LogP contribution in [0.3, 0.4) is 0 Å². The molecule has 208 valence electrons. The van der Waals surface area contributed by atoms with Gasteiger partial charge in [0.25, 0.3) is 11.1 Å². The maximum Gasteiger partial charge on any atom is 0.416 e. The molecule has 0 saturated carbocycles. The number of nitrogens with zero attached hydrogens (tertiary/aromatic N) is 2. The minimum atomic E-state index is -4.78. The fourth-order valence-corrected chi connectivity index (χ4v) is 4.11. The SMILES string of the molecule is CCOc1cc(/C=C2/SC(=O)N(CC(=O)O[C@@H](C)CC)C2=O)ccc1Oc1ccc(C(F)(F)F)cc1[N+](=O)[O-]. The van der Waals surface area contributed by atoms with Crippen molar-refractivity contribution in [3.05, 3.63) is 62.5 Å². The minimum Gasteiger partial charge on any atom is -0.490 e. The zero-order chi connectivity index (χ0) is 28.9. The van der Waals surface area contributed by atoms with Crippen molar-refractivity contribution in [2.75, 3.05) is 13.2 Å². The van der Waals surface area contributed by atoms with Crippen LogP contribution in [0.5, 0.6) is 17.2 Å². The summed E-state index contributed by atoms with van der Waals surface area (Å²) in [4.78, 5) is 48.3. The van der Waals surface area contributed by atoms with Crippen LogP contribution in [0.15, 0.2) is 41.3 Å². The molecule has 39 heavy (non-hydrogen) atoms. The lowest BCUT2D eigenvalue weighted by Gasteiger charge is -2.15. The van der Waals surface area contributed by atoms with Gasteiger partial charge in [-0.3, -0.25) is 29.4 Å². The molecule has 0 bridgehead atoms. The predicted octanol–water partition coefficient (Wildman–Crippen LogP) is 6.18. The number of alkyl halides is 3. The third-order valence-corrected chi connectivity index (χ3v) is 6.24. The van der Waals surface area contributed by atoms with Gasteiger partial charge in [-0.1, -0.05) is 13.0 Å². The number of benzene rings is 2. The summed E-state index contributed by atoms with van der Waals surface area (Å²) in [5, 5.41) is 10.7. The molecule has 1 aliphatic heterocycles. The Hall–Kier alpha value is -4.07. The molecule has 3 rings (SSSR count). The smallest absolute Gasteiger partial charge is 0.416 e. The Morgan fingerprint density at radius 1 is 1.13 bits per heavy atom. The van der Waals surface area contributed by atoms with Crippen LogP contribution in [-0.2, 0) is 20.5 Å². The molecule has 0 radical (unpaired) electrons. The molecule has 0 aromatic heterocycles. The van der Waals surface area contributed by atoms with E-state index < -0.39 is 51.8 Å². The van der Waals surface area contributed by atoms with E-state index in [9.17, 15) is 37.7 Å². The molecule has 0 N–H and O–H groups in total. The van der Waals surface area contributed by atoms with Crippen LogP contribution in [0.25, 0.3) is 6.08 Å². The Bertz CT molecular complexity index is 1330. The molecule has 0 unspecified atom stereocenters. The highest BCUT2D eigenvalue weighted by molar-refractivity contribution is 8.18. The fourth-order valence-electron chi connectivity index (χ4n) is 3.27. The number of carbonyl (C=O) groups excluding carboxylic acids is 3. The van der Waals surface area contributed by atoms with E-state index in [0.717, 1.165) is 11.0 Å². The summed E-state index contributed by atoms with van der Waals surface area (Å²) in [6.45, 7) is 4.77. The van der Waals surface area contributed by atoms with E-state index in [1.807, 2.05) is 6.92 Å².